The average molecular weight is 351 g/mol. The third kappa shape index (κ3) is 3.09. The number of nitrogens with zero attached hydrogens (tertiary/aromatic N) is 2. The van der Waals surface area contributed by atoms with E-state index in [4.69, 9.17) is 4.74 Å². The maximum atomic E-state index is 12.5. The molecule has 3 aromatic rings. The molecule has 3 rings (SSSR count). The van der Waals surface area contributed by atoms with Crippen LogP contribution in [0.25, 0.3) is 15.3 Å². The molecule has 0 aliphatic carbocycles. The molecule has 0 fully saturated rings. The number of amides is 1. The summed E-state index contributed by atoms with van der Waals surface area (Å²) in [6.45, 7) is 3.99. The number of esters is 1. The number of rotatable bonds is 5. The molecule has 1 unspecified atom stereocenters. The van der Waals surface area contributed by atoms with Gasteiger partial charge in [0.05, 0.1) is 17.5 Å². The summed E-state index contributed by atoms with van der Waals surface area (Å²) in [6, 6.07) is 1.18. The normalized spacial score (nSPS) is 12.9. The molecule has 0 saturated carbocycles. The van der Waals surface area contributed by atoms with E-state index in [2.05, 4.69) is 10.3 Å². The van der Waals surface area contributed by atoms with Crippen molar-refractivity contribution in [1.82, 2.24) is 14.7 Å². The van der Waals surface area contributed by atoms with Gasteiger partial charge in [-0.25, -0.2) is 9.78 Å². The standard InChI is InChI=1S/C15H17N3O3S2/c1-8(2)6-9(14(20)21-3)16-12(19)11-7-10-13(23-11)17-15-18(10)4-5-22-15/h4-5,7-9H,6H2,1-3H3,(H,16,19). The maximum absolute atomic E-state index is 12.5. The fourth-order valence-electron chi connectivity index (χ4n) is 2.42. The first kappa shape index (κ1) is 15.9. The average Bonchev–Trinajstić information content (AvgIpc) is 3.16. The van der Waals surface area contributed by atoms with Crippen molar-refractivity contribution in [3.05, 3.63) is 22.5 Å². The highest BCUT2D eigenvalue weighted by Crippen LogP contribution is 2.28. The Balaban J connectivity index is 1.83. The van der Waals surface area contributed by atoms with Gasteiger partial charge in [0.2, 0.25) is 0 Å². The number of methoxy groups -OCH3 is 1. The Morgan fingerprint density at radius 3 is 2.91 bits per heavy atom. The van der Waals surface area contributed by atoms with E-state index in [1.54, 1.807) is 11.3 Å². The lowest BCUT2D eigenvalue weighted by molar-refractivity contribution is -0.143. The van der Waals surface area contributed by atoms with Crippen molar-refractivity contribution in [2.45, 2.75) is 26.3 Å². The Kier molecular flexibility index (Phi) is 4.36. The van der Waals surface area contributed by atoms with Crippen LogP contribution in [0.2, 0.25) is 0 Å². The predicted octanol–water partition coefficient (Wildman–Crippen LogP) is 2.93. The highest BCUT2D eigenvalue weighted by Gasteiger charge is 2.24. The van der Waals surface area contributed by atoms with Crippen molar-refractivity contribution in [2.24, 2.45) is 5.92 Å². The number of thiophene rings is 1. The Morgan fingerprint density at radius 2 is 2.22 bits per heavy atom. The molecule has 0 radical (unpaired) electrons. The molecule has 0 aliphatic rings. The van der Waals surface area contributed by atoms with Gasteiger partial charge in [-0.3, -0.25) is 9.20 Å². The summed E-state index contributed by atoms with van der Waals surface area (Å²) in [5.74, 6) is -0.421. The molecule has 3 heterocycles. The molecule has 122 valence electrons. The summed E-state index contributed by atoms with van der Waals surface area (Å²) in [5.41, 5.74) is 0.912. The first-order valence-electron chi connectivity index (χ1n) is 7.23. The molecule has 3 aromatic heterocycles. The lowest BCUT2D eigenvalue weighted by Gasteiger charge is -2.17. The molecule has 0 saturated heterocycles. The minimum Gasteiger partial charge on any atom is -0.467 e. The van der Waals surface area contributed by atoms with Crippen LogP contribution in [0.3, 0.4) is 0 Å². The fraction of sp³-hybridized carbons (Fsp3) is 0.400. The van der Waals surface area contributed by atoms with Gasteiger partial charge in [-0.2, -0.15) is 0 Å². The van der Waals surface area contributed by atoms with Crippen LogP contribution in [0.5, 0.6) is 0 Å². The number of imidazole rings is 1. The van der Waals surface area contributed by atoms with Crippen LogP contribution >= 0.6 is 22.7 Å². The van der Waals surface area contributed by atoms with Gasteiger partial charge in [-0.05, 0) is 18.4 Å². The Bertz CT molecular complexity index is 862. The highest BCUT2D eigenvalue weighted by atomic mass is 32.1. The first-order valence-corrected chi connectivity index (χ1v) is 8.93. The minimum atomic E-state index is -0.634. The van der Waals surface area contributed by atoms with Crippen LogP contribution in [0.1, 0.15) is 29.9 Å². The SMILES string of the molecule is COC(=O)C(CC(C)C)NC(=O)c1cc2c(nc3sccn32)s1. The largest absolute Gasteiger partial charge is 0.467 e. The Labute approximate surface area is 141 Å². The van der Waals surface area contributed by atoms with Gasteiger partial charge in [0, 0.05) is 11.6 Å². The quantitative estimate of drug-likeness (QED) is 0.717. The first-order chi connectivity index (χ1) is 11.0. The third-order valence-electron chi connectivity index (χ3n) is 3.46. The van der Waals surface area contributed by atoms with Gasteiger partial charge in [-0.15, -0.1) is 22.7 Å². The minimum absolute atomic E-state index is 0.270. The smallest absolute Gasteiger partial charge is 0.328 e. The van der Waals surface area contributed by atoms with Crippen molar-refractivity contribution in [3.8, 4) is 0 Å². The van der Waals surface area contributed by atoms with E-state index in [0.29, 0.717) is 11.3 Å². The number of carbonyl (C=O) groups excluding carboxylic acids is 2. The summed E-state index contributed by atoms with van der Waals surface area (Å²) in [6.07, 6.45) is 2.47. The number of ether oxygens (including phenoxy) is 1. The lowest BCUT2D eigenvalue weighted by Crippen LogP contribution is -2.42. The second-order valence-electron chi connectivity index (χ2n) is 5.65. The molecule has 0 bridgehead atoms. The van der Waals surface area contributed by atoms with Crippen molar-refractivity contribution in [3.63, 3.8) is 0 Å². The van der Waals surface area contributed by atoms with Crippen LogP contribution in [0.15, 0.2) is 17.6 Å². The van der Waals surface area contributed by atoms with E-state index in [1.807, 2.05) is 35.9 Å². The van der Waals surface area contributed by atoms with Crippen LogP contribution < -0.4 is 5.32 Å². The molecule has 1 N–H and O–H groups in total. The molecular weight excluding hydrogens is 334 g/mol. The van der Waals surface area contributed by atoms with Crippen molar-refractivity contribution in [1.29, 1.82) is 0 Å². The topological polar surface area (TPSA) is 72.7 Å². The van der Waals surface area contributed by atoms with E-state index in [1.165, 1.54) is 18.4 Å². The van der Waals surface area contributed by atoms with Crippen LogP contribution in [-0.2, 0) is 9.53 Å². The van der Waals surface area contributed by atoms with Crippen molar-refractivity contribution < 1.29 is 14.3 Å². The molecule has 1 amide bonds. The van der Waals surface area contributed by atoms with E-state index in [9.17, 15) is 9.59 Å². The Morgan fingerprint density at radius 1 is 1.43 bits per heavy atom. The molecule has 0 aliphatic heterocycles. The number of carbonyl (C=O) groups is 2. The zero-order valence-electron chi connectivity index (χ0n) is 13.0. The van der Waals surface area contributed by atoms with Gasteiger partial charge in [0.15, 0.2) is 4.96 Å². The second kappa shape index (κ2) is 6.29. The second-order valence-corrected chi connectivity index (χ2v) is 7.55. The Hall–Kier alpha value is -1.93. The number of fused-ring (bicyclic) bond motifs is 3. The summed E-state index contributed by atoms with van der Waals surface area (Å²) in [7, 11) is 1.33. The maximum Gasteiger partial charge on any atom is 0.328 e. The molecule has 0 spiro atoms. The van der Waals surface area contributed by atoms with E-state index >= 15 is 0 Å². The van der Waals surface area contributed by atoms with E-state index in [-0.39, 0.29) is 11.8 Å². The molecule has 0 aromatic carbocycles. The van der Waals surface area contributed by atoms with Gasteiger partial charge in [0.1, 0.15) is 10.9 Å². The van der Waals surface area contributed by atoms with Gasteiger partial charge in [-0.1, -0.05) is 13.8 Å². The summed E-state index contributed by atoms with van der Waals surface area (Å²) < 4.78 is 6.73. The monoisotopic (exact) mass is 351 g/mol. The molecule has 23 heavy (non-hydrogen) atoms. The number of nitrogens with one attached hydrogen (secondary N) is 1. The van der Waals surface area contributed by atoms with Gasteiger partial charge in [0.25, 0.3) is 5.91 Å². The summed E-state index contributed by atoms with van der Waals surface area (Å²) in [4.78, 5) is 31.0. The summed E-state index contributed by atoms with van der Waals surface area (Å²) in [5, 5.41) is 4.72. The zero-order valence-corrected chi connectivity index (χ0v) is 14.7. The van der Waals surface area contributed by atoms with Crippen molar-refractivity contribution >= 4 is 49.9 Å². The summed E-state index contributed by atoms with van der Waals surface area (Å²) >= 11 is 2.88. The number of thiazole rings is 1. The number of hydrogen-bond donors (Lipinski definition) is 1. The molecule has 6 nitrogen and oxygen atoms in total. The molecular formula is C15H17N3O3S2. The molecule has 8 heteroatoms. The fourth-order valence-corrected chi connectivity index (χ4v) is 4.12. The highest BCUT2D eigenvalue weighted by molar-refractivity contribution is 7.21. The zero-order chi connectivity index (χ0) is 16.6. The van der Waals surface area contributed by atoms with Crippen LogP contribution in [0, 0.1) is 5.92 Å². The van der Waals surface area contributed by atoms with Gasteiger partial charge >= 0.3 is 5.97 Å². The van der Waals surface area contributed by atoms with Crippen LogP contribution in [0.4, 0.5) is 0 Å². The number of aromatic nitrogens is 2. The van der Waals surface area contributed by atoms with E-state index in [0.717, 1.165) is 15.3 Å². The number of hydrogen-bond acceptors (Lipinski definition) is 6. The van der Waals surface area contributed by atoms with E-state index < -0.39 is 12.0 Å². The van der Waals surface area contributed by atoms with Gasteiger partial charge < -0.3 is 10.1 Å². The predicted molar refractivity (Wildman–Crippen MR) is 91.2 cm³/mol. The van der Waals surface area contributed by atoms with Crippen molar-refractivity contribution in [2.75, 3.05) is 7.11 Å². The third-order valence-corrected chi connectivity index (χ3v) is 5.24. The lowest BCUT2D eigenvalue weighted by atomic mass is 10.0. The molecule has 1 atom stereocenters. The van der Waals surface area contributed by atoms with Crippen LogP contribution in [-0.4, -0.2) is 34.4 Å².